The number of carbonyl (C=O) groups excluding carboxylic acids is 2. The molecular weight excluding hydrogens is 735 g/mol. The second kappa shape index (κ2) is 30.1. The molecule has 0 unspecified atom stereocenters. The van der Waals surface area contributed by atoms with Gasteiger partial charge < -0.3 is 63.0 Å². The molecule has 0 aliphatic heterocycles. The number of nitrogens with zero attached hydrogens (tertiary/aromatic N) is 3. The number of hydrogen-bond donors (Lipinski definition) is 3. The average molecular weight is 793 g/mol. The number of halogens is 1. The summed E-state index contributed by atoms with van der Waals surface area (Å²) in [6.45, 7) is 9.05. The van der Waals surface area contributed by atoms with Crippen LogP contribution >= 0.6 is 0 Å². The van der Waals surface area contributed by atoms with Crippen molar-refractivity contribution >= 4 is 23.9 Å². The highest BCUT2D eigenvalue weighted by Crippen LogP contribution is 2.11. The number of rotatable bonds is 25. The van der Waals surface area contributed by atoms with Gasteiger partial charge in [0.25, 0.3) is 6.73 Å². The van der Waals surface area contributed by atoms with Crippen LogP contribution in [0.15, 0.2) is 29.5 Å². The number of aromatic nitrogens is 1. The standard InChI is InChI=1S/C33H56N6O8.HI/c1-33(2,3)47-31(40)36-18-14-12-10-8-6-5-7-9-11-13-17-35-30(37-27-34)38-29-15-19-39(20-16-29)28-46-32(41)45-26-25-44-24-23-43-22-21-42-4;/h15-16,19-20H,5-14,17-18,21-26,28H2,1-4H3,(H2,35,36,37,40);1H. The van der Waals surface area contributed by atoms with Gasteiger partial charge in [0, 0.05) is 32.3 Å². The molecule has 1 heterocycles. The number of ether oxygens (including phenoxy) is 6. The lowest BCUT2D eigenvalue weighted by Gasteiger charge is -2.19. The number of nitriles is 1. The highest BCUT2D eigenvalue weighted by atomic mass is 127. The van der Waals surface area contributed by atoms with Crippen LogP contribution < -0.4 is 44.5 Å². The Morgan fingerprint density at radius 3 is 1.98 bits per heavy atom. The summed E-state index contributed by atoms with van der Waals surface area (Å²) in [5, 5.41) is 17.6. The number of alkyl carbamates (subject to hydrolysis) is 1. The predicted molar refractivity (Wildman–Crippen MR) is 178 cm³/mol. The molecule has 0 spiro atoms. The first-order valence-electron chi connectivity index (χ1n) is 16.6. The third-order valence-electron chi connectivity index (χ3n) is 6.43. The van der Waals surface area contributed by atoms with E-state index in [0.29, 0.717) is 45.5 Å². The van der Waals surface area contributed by atoms with Gasteiger partial charge in [-0.05, 0) is 33.6 Å². The van der Waals surface area contributed by atoms with E-state index in [0.717, 1.165) is 37.8 Å². The Labute approximate surface area is 303 Å². The number of unbranched alkanes of at least 4 members (excludes halogenated alkanes) is 9. The molecule has 48 heavy (non-hydrogen) atoms. The highest BCUT2D eigenvalue weighted by molar-refractivity contribution is 5.94. The van der Waals surface area contributed by atoms with Gasteiger partial charge in [-0.2, -0.15) is 9.83 Å². The van der Waals surface area contributed by atoms with Gasteiger partial charge >= 0.3 is 12.2 Å². The van der Waals surface area contributed by atoms with E-state index in [1.807, 2.05) is 27.0 Å². The van der Waals surface area contributed by atoms with Gasteiger partial charge in [0.05, 0.1) is 38.7 Å². The normalized spacial score (nSPS) is 11.2. The minimum atomic E-state index is -0.787. The molecule has 1 aromatic heterocycles. The van der Waals surface area contributed by atoms with Crippen molar-refractivity contribution in [3.05, 3.63) is 24.5 Å². The number of methoxy groups -OCH3 is 1. The molecule has 0 saturated carbocycles. The number of guanidine groups is 1. The number of carbonyl (C=O) groups is 2. The lowest BCUT2D eigenvalue weighted by atomic mass is 10.1. The van der Waals surface area contributed by atoms with Gasteiger partial charge in [0.2, 0.25) is 5.96 Å². The number of anilines is 1. The van der Waals surface area contributed by atoms with Gasteiger partial charge in [0.15, 0.2) is 18.6 Å². The van der Waals surface area contributed by atoms with Gasteiger partial charge in [-0.1, -0.05) is 51.4 Å². The molecule has 1 aromatic rings. The van der Waals surface area contributed by atoms with E-state index in [1.54, 1.807) is 36.2 Å². The molecule has 14 nitrogen and oxygen atoms in total. The quantitative estimate of drug-likeness (QED) is 0.0194. The maximum Gasteiger partial charge on any atom is 0.513 e. The van der Waals surface area contributed by atoms with Crippen molar-refractivity contribution < 1.29 is 66.6 Å². The van der Waals surface area contributed by atoms with Crippen molar-refractivity contribution in [2.75, 3.05) is 65.2 Å². The number of pyridine rings is 1. The van der Waals surface area contributed by atoms with Crippen molar-refractivity contribution in [3.63, 3.8) is 0 Å². The van der Waals surface area contributed by atoms with Crippen molar-refractivity contribution in [3.8, 4) is 6.19 Å². The largest absolute Gasteiger partial charge is 1.00 e. The molecule has 0 aromatic carbocycles. The molecule has 0 aliphatic rings. The number of hydrogen-bond acceptors (Lipinski definition) is 10. The SMILES string of the molecule is COCCOCCOCCOC(=O)OC[n+]1ccc(NC(=NCCCCCCCCCCCCNC(=O)OC(C)(C)C)NC#N)cc1.[I-]. The van der Waals surface area contributed by atoms with Crippen LogP contribution in [0.2, 0.25) is 0 Å². The summed E-state index contributed by atoms with van der Waals surface area (Å²) in [7, 11) is 1.61. The van der Waals surface area contributed by atoms with E-state index in [2.05, 4.69) is 20.9 Å². The predicted octanol–water partition coefficient (Wildman–Crippen LogP) is 2.03. The highest BCUT2D eigenvalue weighted by Gasteiger charge is 2.15. The van der Waals surface area contributed by atoms with Crippen molar-refractivity contribution in [1.82, 2.24) is 10.6 Å². The van der Waals surface area contributed by atoms with Crippen LogP contribution in [0.1, 0.15) is 85.0 Å². The van der Waals surface area contributed by atoms with Gasteiger partial charge in [0.1, 0.15) is 12.2 Å². The minimum absolute atomic E-state index is 0. The minimum Gasteiger partial charge on any atom is -1.00 e. The summed E-state index contributed by atoms with van der Waals surface area (Å²) in [5.74, 6) is 0.384. The monoisotopic (exact) mass is 792 g/mol. The molecule has 0 saturated heterocycles. The zero-order valence-corrected chi connectivity index (χ0v) is 31.4. The summed E-state index contributed by atoms with van der Waals surface area (Å²) in [5.41, 5.74) is 0.269. The van der Waals surface area contributed by atoms with Crippen molar-refractivity contribution in [1.29, 1.82) is 5.26 Å². The first-order chi connectivity index (χ1) is 22.7. The maximum absolute atomic E-state index is 11.8. The fraction of sp³-hybridized carbons (Fsp3) is 0.727. The molecule has 274 valence electrons. The Kier molecular flexibility index (Phi) is 28.3. The van der Waals surface area contributed by atoms with Crippen LogP contribution in [0.3, 0.4) is 0 Å². The van der Waals surface area contributed by atoms with Gasteiger partial charge in [-0.25, -0.2) is 9.59 Å². The second-order valence-corrected chi connectivity index (χ2v) is 11.7. The van der Waals surface area contributed by atoms with Crippen molar-refractivity contribution in [2.45, 2.75) is 97.3 Å². The van der Waals surface area contributed by atoms with E-state index >= 15 is 0 Å². The van der Waals surface area contributed by atoms with E-state index in [1.165, 1.54) is 32.1 Å². The molecule has 1 rings (SSSR count). The van der Waals surface area contributed by atoms with E-state index in [4.69, 9.17) is 33.7 Å². The second-order valence-electron chi connectivity index (χ2n) is 11.7. The van der Waals surface area contributed by atoms with Gasteiger partial charge in [-0.15, -0.1) is 0 Å². The molecule has 0 bridgehead atoms. The van der Waals surface area contributed by atoms with Crippen LogP contribution in [0.4, 0.5) is 15.3 Å². The lowest BCUT2D eigenvalue weighted by molar-refractivity contribution is -0.727. The molecule has 3 N–H and O–H groups in total. The Morgan fingerprint density at radius 1 is 0.833 bits per heavy atom. The Bertz CT molecular complexity index is 1030. The van der Waals surface area contributed by atoms with E-state index in [9.17, 15) is 9.59 Å². The lowest BCUT2D eigenvalue weighted by Crippen LogP contribution is -3.00. The fourth-order valence-electron chi connectivity index (χ4n) is 4.09. The molecule has 0 radical (unpaired) electrons. The van der Waals surface area contributed by atoms with Gasteiger partial charge in [-0.3, -0.25) is 10.3 Å². The first-order valence-corrected chi connectivity index (χ1v) is 16.6. The summed E-state index contributed by atoms with van der Waals surface area (Å²) in [6.07, 6.45) is 15.6. The Balaban J connectivity index is 0.0000221. The van der Waals surface area contributed by atoms with Crippen LogP contribution in [0.25, 0.3) is 0 Å². The van der Waals surface area contributed by atoms with Crippen LogP contribution in [0, 0.1) is 11.5 Å². The molecule has 0 fully saturated rings. The summed E-state index contributed by atoms with van der Waals surface area (Å²) in [4.78, 5) is 27.9. The first kappa shape index (κ1) is 45.1. The maximum atomic E-state index is 11.8. The third kappa shape index (κ3) is 28.1. The molecule has 1 amide bonds. The average Bonchev–Trinajstić information content (AvgIpc) is 3.03. The topological polar surface area (TPSA) is 166 Å². The molecular formula is C33H57IN6O8. The van der Waals surface area contributed by atoms with Crippen LogP contribution in [-0.4, -0.2) is 83.6 Å². The van der Waals surface area contributed by atoms with Crippen LogP contribution in [-0.2, 0) is 35.2 Å². The zero-order chi connectivity index (χ0) is 34.4. The zero-order valence-electron chi connectivity index (χ0n) is 29.2. The van der Waals surface area contributed by atoms with E-state index < -0.39 is 11.8 Å². The Morgan fingerprint density at radius 2 is 1.40 bits per heavy atom. The number of nitrogens with one attached hydrogen (secondary N) is 3. The van der Waals surface area contributed by atoms with Crippen LogP contribution in [0.5, 0.6) is 0 Å². The molecule has 15 heteroatoms. The Hall–Kier alpha value is -2.94. The summed E-state index contributed by atoms with van der Waals surface area (Å²) in [6, 6.07) is 3.57. The summed E-state index contributed by atoms with van der Waals surface area (Å²) >= 11 is 0. The fourth-order valence-corrected chi connectivity index (χ4v) is 4.09. The number of amides is 1. The molecule has 0 atom stereocenters. The smallest absolute Gasteiger partial charge is 0.513 e. The van der Waals surface area contributed by atoms with Crippen molar-refractivity contribution in [2.24, 2.45) is 4.99 Å². The van der Waals surface area contributed by atoms with E-state index in [-0.39, 0.29) is 50.0 Å². The third-order valence-corrected chi connectivity index (χ3v) is 6.43. The summed E-state index contributed by atoms with van der Waals surface area (Å²) < 4.78 is 32.5. The number of aliphatic imine (C=N–C) groups is 1. The molecule has 0 aliphatic carbocycles.